The fraction of sp³-hybridized carbons (Fsp3) is 1.00. The molecule has 2 unspecified atom stereocenters. The number of hydrogen-bond donors (Lipinski definition) is 1. The van der Waals surface area contributed by atoms with E-state index >= 15 is 0 Å². The number of piperazine rings is 2. The summed E-state index contributed by atoms with van der Waals surface area (Å²) in [4.78, 5) is 5.23. The lowest BCUT2D eigenvalue weighted by Crippen LogP contribution is -2.63. The van der Waals surface area contributed by atoms with Crippen LogP contribution in [-0.4, -0.2) is 61.7 Å². The zero-order valence-electron chi connectivity index (χ0n) is 9.50. The first-order chi connectivity index (χ1) is 6.81. The molecule has 0 radical (unpaired) electrons. The third kappa shape index (κ3) is 2.10. The number of fused-ring (bicyclic) bond motifs is 1. The quantitative estimate of drug-likeness (QED) is 0.690. The van der Waals surface area contributed by atoms with Crippen LogP contribution in [0.3, 0.4) is 0 Å². The smallest absolute Gasteiger partial charge is 0.0349 e. The molecule has 0 saturated carbocycles. The van der Waals surface area contributed by atoms with Crippen LogP contribution < -0.4 is 5.32 Å². The second kappa shape index (κ2) is 4.60. The molecule has 0 aromatic rings. The van der Waals surface area contributed by atoms with Crippen LogP contribution in [0, 0.1) is 0 Å². The molecule has 0 spiro atoms. The van der Waals surface area contributed by atoms with Crippen LogP contribution in [0.25, 0.3) is 0 Å². The number of nitrogens with zero attached hydrogens (tertiary/aromatic N) is 2. The van der Waals surface area contributed by atoms with E-state index < -0.39 is 0 Å². The Morgan fingerprint density at radius 2 is 2.21 bits per heavy atom. The Balaban J connectivity index is 1.92. The van der Waals surface area contributed by atoms with Crippen LogP contribution in [0.1, 0.15) is 19.8 Å². The van der Waals surface area contributed by atoms with Gasteiger partial charge >= 0.3 is 0 Å². The van der Waals surface area contributed by atoms with Crippen molar-refractivity contribution in [1.29, 1.82) is 0 Å². The summed E-state index contributed by atoms with van der Waals surface area (Å²) in [5.74, 6) is 0. The van der Waals surface area contributed by atoms with E-state index in [2.05, 4.69) is 29.1 Å². The molecule has 2 saturated heterocycles. The Kier molecular flexibility index (Phi) is 3.42. The van der Waals surface area contributed by atoms with Gasteiger partial charge in [0.25, 0.3) is 0 Å². The first kappa shape index (κ1) is 10.4. The highest BCUT2D eigenvalue weighted by molar-refractivity contribution is 4.90. The maximum Gasteiger partial charge on any atom is 0.0349 e. The number of likely N-dealkylation sites (N-methyl/N-ethyl adjacent to an activating group) is 1. The normalized spacial score (nSPS) is 35.6. The lowest BCUT2D eigenvalue weighted by molar-refractivity contribution is 0.0273. The summed E-state index contributed by atoms with van der Waals surface area (Å²) in [5, 5.41) is 3.48. The van der Waals surface area contributed by atoms with E-state index in [1.165, 1.54) is 45.6 Å². The Morgan fingerprint density at radius 1 is 1.36 bits per heavy atom. The van der Waals surface area contributed by atoms with E-state index in [-0.39, 0.29) is 0 Å². The van der Waals surface area contributed by atoms with Crippen molar-refractivity contribution in [2.75, 3.05) is 39.8 Å². The molecule has 14 heavy (non-hydrogen) atoms. The van der Waals surface area contributed by atoms with E-state index in [1.807, 2.05) is 0 Å². The van der Waals surface area contributed by atoms with Gasteiger partial charge in [0.2, 0.25) is 0 Å². The zero-order valence-corrected chi connectivity index (χ0v) is 9.50. The summed E-state index contributed by atoms with van der Waals surface area (Å²) in [5.41, 5.74) is 0. The molecule has 2 aliphatic heterocycles. The van der Waals surface area contributed by atoms with Gasteiger partial charge in [-0.05, 0) is 13.5 Å². The van der Waals surface area contributed by atoms with Gasteiger partial charge in [0.05, 0.1) is 0 Å². The second-order valence-corrected chi connectivity index (χ2v) is 4.73. The molecule has 82 valence electrons. The summed E-state index contributed by atoms with van der Waals surface area (Å²) >= 11 is 0. The van der Waals surface area contributed by atoms with Crippen LogP contribution in [0.2, 0.25) is 0 Å². The molecule has 3 heteroatoms. The van der Waals surface area contributed by atoms with Crippen molar-refractivity contribution in [3.8, 4) is 0 Å². The van der Waals surface area contributed by atoms with Crippen molar-refractivity contribution >= 4 is 0 Å². The van der Waals surface area contributed by atoms with Crippen molar-refractivity contribution < 1.29 is 0 Å². The third-order valence-electron chi connectivity index (χ3n) is 3.66. The molecule has 2 fully saturated rings. The maximum absolute atomic E-state index is 3.48. The standard InChI is InChI=1S/C11H23N3/c1-3-4-10-9-14-6-5-12-7-11(14)8-13(10)2/h10-12H,3-9H2,1-2H3. The Morgan fingerprint density at radius 3 is 3.00 bits per heavy atom. The van der Waals surface area contributed by atoms with Crippen LogP contribution >= 0.6 is 0 Å². The predicted molar refractivity (Wildman–Crippen MR) is 59.6 cm³/mol. The summed E-state index contributed by atoms with van der Waals surface area (Å²) in [6.45, 7) is 8.44. The van der Waals surface area contributed by atoms with Crippen molar-refractivity contribution in [3.63, 3.8) is 0 Å². The Labute approximate surface area is 87.4 Å². The largest absolute Gasteiger partial charge is 0.314 e. The highest BCUT2D eigenvalue weighted by Crippen LogP contribution is 2.17. The molecule has 1 N–H and O–H groups in total. The molecular formula is C11H23N3. The summed E-state index contributed by atoms with van der Waals surface area (Å²) in [6, 6.07) is 1.57. The minimum atomic E-state index is 0.766. The van der Waals surface area contributed by atoms with Gasteiger partial charge in [0, 0.05) is 44.8 Å². The van der Waals surface area contributed by atoms with Gasteiger partial charge in [0.1, 0.15) is 0 Å². The van der Waals surface area contributed by atoms with E-state index in [9.17, 15) is 0 Å². The lowest BCUT2D eigenvalue weighted by Gasteiger charge is -2.47. The minimum Gasteiger partial charge on any atom is -0.314 e. The van der Waals surface area contributed by atoms with Crippen molar-refractivity contribution in [3.05, 3.63) is 0 Å². The molecule has 2 aliphatic rings. The Hall–Kier alpha value is -0.120. The van der Waals surface area contributed by atoms with Gasteiger partial charge in [-0.2, -0.15) is 0 Å². The average molecular weight is 197 g/mol. The topological polar surface area (TPSA) is 18.5 Å². The van der Waals surface area contributed by atoms with Crippen LogP contribution in [0.4, 0.5) is 0 Å². The molecule has 0 amide bonds. The molecule has 3 nitrogen and oxygen atoms in total. The Bertz CT molecular complexity index is 181. The van der Waals surface area contributed by atoms with Gasteiger partial charge < -0.3 is 10.2 Å². The molecule has 2 heterocycles. The number of hydrogen-bond acceptors (Lipinski definition) is 3. The van der Waals surface area contributed by atoms with Gasteiger partial charge in [-0.1, -0.05) is 13.3 Å². The molecule has 2 atom stereocenters. The fourth-order valence-electron chi connectivity index (χ4n) is 2.76. The predicted octanol–water partition coefficient (Wildman–Crippen LogP) is 0.374. The molecule has 0 bridgehead atoms. The highest BCUT2D eigenvalue weighted by Gasteiger charge is 2.32. The molecular weight excluding hydrogens is 174 g/mol. The van der Waals surface area contributed by atoms with Gasteiger partial charge in [-0.25, -0.2) is 0 Å². The minimum absolute atomic E-state index is 0.766. The molecule has 2 rings (SSSR count). The fourth-order valence-corrected chi connectivity index (χ4v) is 2.76. The van der Waals surface area contributed by atoms with E-state index in [0.717, 1.165) is 12.1 Å². The lowest BCUT2D eigenvalue weighted by atomic mass is 10.0. The summed E-state index contributed by atoms with van der Waals surface area (Å²) in [7, 11) is 2.28. The van der Waals surface area contributed by atoms with E-state index in [0.29, 0.717) is 0 Å². The summed E-state index contributed by atoms with van der Waals surface area (Å²) in [6.07, 6.45) is 2.67. The zero-order chi connectivity index (χ0) is 9.97. The third-order valence-corrected chi connectivity index (χ3v) is 3.66. The molecule has 0 aromatic heterocycles. The van der Waals surface area contributed by atoms with Crippen molar-refractivity contribution in [2.45, 2.75) is 31.8 Å². The molecule has 0 aromatic carbocycles. The highest BCUT2D eigenvalue weighted by atomic mass is 15.3. The van der Waals surface area contributed by atoms with Crippen molar-refractivity contribution in [1.82, 2.24) is 15.1 Å². The van der Waals surface area contributed by atoms with Crippen molar-refractivity contribution in [2.24, 2.45) is 0 Å². The van der Waals surface area contributed by atoms with Gasteiger partial charge in [0.15, 0.2) is 0 Å². The van der Waals surface area contributed by atoms with E-state index in [1.54, 1.807) is 0 Å². The first-order valence-electron chi connectivity index (χ1n) is 5.96. The first-order valence-corrected chi connectivity index (χ1v) is 5.96. The second-order valence-electron chi connectivity index (χ2n) is 4.73. The van der Waals surface area contributed by atoms with E-state index in [4.69, 9.17) is 0 Å². The monoisotopic (exact) mass is 197 g/mol. The molecule has 0 aliphatic carbocycles. The number of nitrogens with one attached hydrogen (secondary N) is 1. The van der Waals surface area contributed by atoms with Gasteiger partial charge in [-0.3, -0.25) is 4.90 Å². The van der Waals surface area contributed by atoms with Gasteiger partial charge in [-0.15, -0.1) is 0 Å². The van der Waals surface area contributed by atoms with Crippen LogP contribution in [0.5, 0.6) is 0 Å². The number of rotatable bonds is 2. The SMILES string of the molecule is CCCC1CN2CCNCC2CN1C. The average Bonchev–Trinajstić information content (AvgIpc) is 2.19. The van der Waals surface area contributed by atoms with Crippen LogP contribution in [-0.2, 0) is 0 Å². The summed E-state index contributed by atoms with van der Waals surface area (Å²) < 4.78 is 0. The maximum atomic E-state index is 3.48. The van der Waals surface area contributed by atoms with Crippen LogP contribution in [0.15, 0.2) is 0 Å².